The summed E-state index contributed by atoms with van der Waals surface area (Å²) in [4.78, 5) is 5.37. The van der Waals surface area contributed by atoms with E-state index in [1.165, 1.54) is 18.2 Å². The second-order valence-corrected chi connectivity index (χ2v) is 7.36. The number of aromatic hydroxyl groups is 1. The first-order valence-corrected chi connectivity index (χ1v) is 10.8. The Morgan fingerprint density at radius 1 is 1.13 bits per heavy atom. The van der Waals surface area contributed by atoms with Crippen molar-refractivity contribution < 1.29 is 18.6 Å². The van der Waals surface area contributed by atoms with Crippen molar-refractivity contribution in [3.05, 3.63) is 64.9 Å². The first kappa shape index (κ1) is 22.7. The molecule has 3 aromatic rings. The van der Waals surface area contributed by atoms with Gasteiger partial charge in [-0.2, -0.15) is 0 Å². The highest BCUT2D eigenvalue weighted by molar-refractivity contribution is 5.67. The third kappa shape index (κ3) is 4.53. The Labute approximate surface area is 182 Å². The number of hydrogen-bond donors (Lipinski definition) is 2. The summed E-state index contributed by atoms with van der Waals surface area (Å²) in [6, 6.07) is 9.36. The number of benzene rings is 2. The first-order chi connectivity index (χ1) is 15.0. The minimum atomic E-state index is -0.579. The number of methoxy groups -OCH3 is 1. The Hall–Kier alpha value is -3.02. The minimum Gasteiger partial charge on any atom is -0.508 e. The number of nitrogens with one attached hydrogen (secondary N) is 1. The topological polar surface area (TPSA) is 48.5 Å². The van der Waals surface area contributed by atoms with Gasteiger partial charge in [0.2, 0.25) is 0 Å². The number of hydrogen-bond acceptors (Lipinski definition) is 3. The van der Waals surface area contributed by atoms with Crippen LogP contribution in [-0.4, -0.2) is 23.7 Å². The molecule has 0 radical (unpaired) electrons. The van der Waals surface area contributed by atoms with Gasteiger partial charge in [-0.15, -0.1) is 0 Å². The van der Waals surface area contributed by atoms with Crippen LogP contribution >= 0.6 is 0 Å². The van der Waals surface area contributed by atoms with Crippen LogP contribution in [0.15, 0.2) is 36.4 Å². The quantitative estimate of drug-likeness (QED) is 0.507. The van der Waals surface area contributed by atoms with Crippen LogP contribution in [0.25, 0.3) is 11.3 Å². The number of H-pyrrole nitrogens is 1. The Kier molecular flexibility index (Phi) is 7.21. The summed E-state index contributed by atoms with van der Waals surface area (Å²) in [6.45, 7) is 7.40. The lowest BCUT2D eigenvalue weighted by molar-refractivity contribution is 0.405. The van der Waals surface area contributed by atoms with E-state index in [0.717, 1.165) is 48.3 Å². The number of ether oxygens (including phenoxy) is 1. The predicted molar refractivity (Wildman–Crippen MR) is 121 cm³/mol. The normalized spacial score (nSPS) is 12.8. The number of aryl methyl sites for hydroxylation is 1. The van der Waals surface area contributed by atoms with E-state index in [1.807, 2.05) is 26.0 Å². The largest absolute Gasteiger partial charge is 0.508 e. The Morgan fingerprint density at radius 2 is 1.84 bits per heavy atom. The van der Waals surface area contributed by atoms with Crippen LogP contribution in [-0.2, 0) is 19.4 Å². The molecule has 4 rings (SSSR count). The molecule has 0 fully saturated rings. The first-order valence-electron chi connectivity index (χ1n) is 10.8. The zero-order valence-electron chi connectivity index (χ0n) is 18.6. The van der Waals surface area contributed by atoms with Crippen molar-refractivity contribution in [3.8, 4) is 22.8 Å². The molecule has 1 aliphatic heterocycles. The van der Waals surface area contributed by atoms with E-state index in [2.05, 4.69) is 16.8 Å². The fraction of sp³-hybridized carbons (Fsp3) is 0.360. The molecule has 2 N–H and O–H groups in total. The third-order valence-corrected chi connectivity index (χ3v) is 5.46. The summed E-state index contributed by atoms with van der Waals surface area (Å²) in [7, 11) is 1.59. The Bertz CT molecular complexity index is 1030. The molecule has 0 amide bonds. The number of fused-ring (bicyclic) bond motifs is 1. The van der Waals surface area contributed by atoms with Crippen molar-refractivity contribution in [2.75, 3.05) is 18.6 Å². The molecule has 1 aliphatic rings. The summed E-state index contributed by atoms with van der Waals surface area (Å²) >= 11 is 0. The molecular weight excluding hydrogens is 398 g/mol. The van der Waals surface area contributed by atoms with Gasteiger partial charge in [-0.3, -0.25) is 0 Å². The standard InChI is InChI=1S/C23H24F2N2O2.C2H6/c1-3-5-14-11-20(22(29-2)12-21(14)28)27-9-8-18-15(13-27)10-19(26-18)23-16(24)6-4-7-17(23)25;1-2/h4,6-7,10-12,26,28H,3,5,8-9,13H2,1-2H3;1-2H3. The number of halogens is 2. The van der Waals surface area contributed by atoms with Gasteiger partial charge in [-0.1, -0.05) is 33.3 Å². The summed E-state index contributed by atoms with van der Waals surface area (Å²) in [5.74, 6) is -0.305. The van der Waals surface area contributed by atoms with Crippen molar-refractivity contribution in [2.24, 2.45) is 0 Å². The molecule has 0 saturated heterocycles. The zero-order valence-corrected chi connectivity index (χ0v) is 18.6. The summed E-state index contributed by atoms with van der Waals surface area (Å²) in [5.41, 5.74) is 4.22. The van der Waals surface area contributed by atoms with E-state index < -0.39 is 11.6 Å². The van der Waals surface area contributed by atoms with Crippen LogP contribution in [0.5, 0.6) is 11.5 Å². The van der Waals surface area contributed by atoms with Crippen molar-refractivity contribution in [1.82, 2.24) is 4.98 Å². The maximum absolute atomic E-state index is 14.2. The molecule has 0 bridgehead atoms. The predicted octanol–water partition coefficient (Wildman–Crippen LogP) is 6.22. The zero-order chi connectivity index (χ0) is 22.5. The summed E-state index contributed by atoms with van der Waals surface area (Å²) in [5, 5.41) is 10.2. The van der Waals surface area contributed by atoms with Gasteiger partial charge in [0.15, 0.2) is 0 Å². The summed E-state index contributed by atoms with van der Waals surface area (Å²) in [6.07, 6.45) is 2.43. The monoisotopic (exact) mass is 428 g/mol. The molecule has 31 heavy (non-hydrogen) atoms. The number of nitrogens with zero attached hydrogens (tertiary/aromatic N) is 1. The lowest BCUT2D eigenvalue weighted by Gasteiger charge is -2.30. The lowest BCUT2D eigenvalue weighted by Crippen LogP contribution is -2.30. The molecular formula is C25H30F2N2O2. The van der Waals surface area contributed by atoms with E-state index in [9.17, 15) is 13.9 Å². The van der Waals surface area contributed by atoms with Gasteiger partial charge in [0.1, 0.15) is 23.1 Å². The highest BCUT2D eigenvalue weighted by Gasteiger charge is 2.24. The van der Waals surface area contributed by atoms with E-state index in [4.69, 9.17) is 4.74 Å². The van der Waals surface area contributed by atoms with Crippen molar-refractivity contribution >= 4 is 5.69 Å². The van der Waals surface area contributed by atoms with Crippen LogP contribution in [0, 0.1) is 11.6 Å². The number of rotatable bonds is 5. The van der Waals surface area contributed by atoms with Crippen LogP contribution in [0.1, 0.15) is 44.0 Å². The highest BCUT2D eigenvalue weighted by Crippen LogP contribution is 2.38. The Balaban J connectivity index is 0.00000132. The molecule has 4 nitrogen and oxygen atoms in total. The average Bonchev–Trinajstić information content (AvgIpc) is 3.19. The van der Waals surface area contributed by atoms with Crippen molar-refractivity contribution in [1.29, 1.82) is 0 Å². The number of phenolic OH excluding ortho intramolecular Hbond substituents is 1. The molecule has 2 aromatic carbocycles. The smallest absolute Gasteiger partial charge is 0.145 e. The number of phenols is 1. The van der Waals surface area contributed by atoms with E-state index in [0.29, 0.717) is 18.0 Å². The van der Waals surface area contributed by atoms with Gasteiger partial charge in [0.05, 0.1) is 24.1 Å². The number of aromatic nitrogens is 1. The Morgan fingerprint density at radius 3 is 2.48 bits per heavy atom. The van der Waals surface area contributed by atoms with Gasteiger partial charge in [0.25, 0.3) is 0 Å². The minimum absolute atomic E-state index is 0.0269. The maximum Gasteiger partial charge on any atom is 0.145 e. The van der Waals surface area contributed by atoms with Crippen LogP contribution in [0.4, 0.5) is 14.5 Å². The molecule has 166 valence electrons. The second-order valence-electron chi connectivity index (χ2n) is 7.36. The van der Waals surface area contributed by atoms with Gasteiger partial charge in [-0.05, 0) is 41.8 Å². The molecule has 1 aromatic heterocycles. The van der Waals surface area contributed by atoms with Crippen LogP contribution < -0.4 is 9.64 Å². The van der Waals surface area contributed by atoms with Crippen LogP contribution in [0.3, 0.4) is 0 Å². The van der Waals surface area contributed by atoms with Crippen molar-refractivity contribution in [3.63, 3.8) is 0 Å². The van der Waals surface area contributed by atoms with Gasteiger partial charge in [0, 0.05) is 31.3 Å². The van der Waals surface area contributed by atoms with Gasteiger partial charge < -0.3 is 19.7 Å². The average molecular weight is 429 g/mol. The molecule has 0 unspecified atom stereocenters. The molecule has 2 heterocycles. The van der Waals surface area contributed by atoms with Gasteiger partial charge in [-0.25, -0.2) is 8.78 Å². The SMILES string of the molecule is CC.CCCc1cc(N2CCc3[nH]c(-c4c(F)cccc4F)cc3C2)c(OC)cc1O. The van der Waals surface area contributed by atoms with E-state index >= 15 is 0 Å². The van der Waals surface area contributed by atoms with Gasteiger partial charge >= 0.3 is 0 Å². The fourth-order valence-corrected chi connectivity index (χ4v) is 4.01. The van der Waals surface area contributed by atoms with E-state index in [1.54, 1.807) is 13.2 Å². The molecule has 0 atom stereocenters. The third-order valence-electron chi connectivity index (χ3n) is 5.46. The van der Waals surface area contributed by atoms with Crippen molar-refractivity contribution in [2.45, 2.75) is 46.6 Å². The highest BCUT2D eigenvalue weighted by atomic mass is 19.1. The molecule has 0 spiro atoms. The number of aromatic amines is 1. The second kappa shape index (κ2) is 9.86. The molecule has 6 heteroatoms. The molecule has 0 aliphatic carbocycles. The maximum atomic E-state index is 14.2. The van der Waals surface area contributed by atoms with E-state index in [-0.39, 0.29) is 11.3 Å². The number of anilines is 1. The van der Waals surface area contributed by atoms with Crippen LogP contribution in [0.2, 0.25) is 0 Å². The summed E-state index contributed by atoms with van der Waals surface area (Å²) < 4.78 is 33.9. The molecule has 0 saturated carbocycles. The lowest BCUT2D eigenvalue weighted by atomic mass is 10.0. The fourth-order valence-electron chi connectivity index (χ4n) is 4.01.